The van der Waals surface area contributed by atoms with Crippen LogP contribution < -0.4 is 0 Å². The monoisotopic (exact) mass is 240 g/mol. The van der Waals surface area contributed by atoms with E-state index in [-0.39, 0.29) is 5.57 Å². The zero-order valence-electron chi connectivity index (χ0n) is 8.76. The zero-order chi connectivity index (χ0) is 12.9. The Bertz CT molecular complexity index is 296. The number of alkyl halides is 3. The van der Waals surface area contributed by atoms with Crippen molar-refractivity contribution in [2.45, 2.75) is 26.1 Å². The Hall–Kier alpha value is -1.53. The summed E-state index contributed by atoms with van der Waals surface area (Å²) in [5, 5.41) is 0. The van der Waals surface area contributed by atoms with Gasteiger partial charge in [-0.05, 0) is 13.8 Å². The van der Waals surface area contributed by atoms with Gasteiger partial charge in [0.05, 0.1) is 0 Å². The summed E-state index contributed by atoms with van der Waals surface area (Å²) in [5.74, 6) is -2.13. The van der Waals surface area contributed by atoms with Crippen molar-refractivity contribution >= 4 is 11.9 Å². The fraction of sp³-hybridized carbons (Fsp3) is 0.556. The van der Waals surface area contributed by atoms with Crippen LogP contribution in [0.2, 0.25) is 0 Å². The minimum absolute atomic E-state index is 0.0386. The highest BCUT2D eigenvalue weighted by molar-refractivity contribution is 5.88. The maximum atomic E-state index is 11.9. The maximum absolute atomic E-state index is 11.9. The molecule has 0 spiro atoms. The van der Waals surface area contributed by atoms with E-state index in [2.05, 4.69) is 16.1 Å². The molecule has 0 N–H and O–H groups in total. The Morgan fingerprint density at radius 2 is 1.88 bits per heavy atom. The molecular formula is C9H11F3O4. The van der Waals surface area contributed by atoms with E-state index in [9.17, 15) is 22.8 Å². The smallest absolute Gasteiger partial charge is 0.425 e. The van der Waals surface area contributed by atoms with Crippen LogP contribution in [0, 0.1) is 0 Å². The third-order valence-corrected chi connectivity index (χ3v) is 1.44. The van der Waals surface area contributed by atoms with Gasteiger partial charge < -0.3 is 9.47 Å². The molecule has 0 rings (SSSR count). The van der Waals surface area contributed by atoms with Crippen molar-refractivity contribution in [2.24, 2.45) is 0 Å². The molecular weight excluding hydrogens is 229 g/mol. The molecule has 0 amide bonds. The molecule has 0 aliphatic heterocycles. The summed E-state index contributed by atoms with van der Waals surface area (Å²) in [4.78, 5) is 21.6. The van der Waals surface area contributed by atoms with Crippen LogP contribution in [0.4, 0.5) is 13.2 Å². The zero-order valence-corrected chi connectivity index (χ0v) is 8.76. The molecule has 0 aliphatic rings. The van der Waals surface area contributed by atoms with Gasteiger partial charge in [0.1, 0.15) is 0 Å². The largest absolute Gasteiger partial charge is 0.450 e. The summed E-state index contributed by atoms with van der Waals surface area (Å²) in [7, 11) is 0. The van der Waals surface area contributed by atoms with Crippen molar-refractivity contribution in [3.8, 4) is 0 Å². The topological polar surface area (TPSA) is 52.6 Å². The van der Waals surface area contributed by atoms with Gasteiger partial charge in [0.15, 0.2) is 12.7 Å². The molecule has 0 radical (unpaired) electrons. The number of rotatable bonds is 4. The molecule has 0 heterocycles. The van der Waals surface area contributed by atoms with E-state index in [4.69, 9.17) is 0 Å². The molecule has 0 saturated heterocycles. The summed E-state index contributed by atoms with van der Waals surface area (Å²) in [6.07, 6.45) is -6.86. The lowest BCUT2D eigenvalue weighted by atomic mass is 10.4. The predicted molar refractivity (Wildman–Crippen MR) is 47.4 cm³/mol. The van der Waals surface area contributed by atoms with Crippen molar-refractivity contribution < 1.29 is 32.2 Å². The van der Waals surface area contributed by atoms with E-state index < -0.39 is 30.8 Å². The van der Waals surface area contributed by atoms with Gasteiger partial charge >= 0.3 is 18.1 Å². The fourth-order valence-corrected chi connectivity index (χ4v) is 0.546. The standard InChI is InChI=1S/C9H11F3O4/c1-5(2)8(14)15-4-7(13)16-6(3)9(10,11)12/h6H,1,4H2,2-3H3. The second-order valence-corrected chi connectivity index (χ2v) is 3.03. The van der Waals surface area contributed by atoms with E-state index >= 15 is 0 Å². The van der Waals surface area contributed by atoms with Gasteiger partial charge in [-0.3, -0.25) is 0 Å². The molecule has 0 aromatic carbocycles. The van der Waals surface area contributed by atoms with Gasteiger partial charge in [-0.15, -0.1) is 0 Å². The van der Waals surface area contributed by atoms with Crippen molar-refractivity contribution in [2.75, 3.05) is 6.61 Å². The van der Waals surface area contributed by atoms with E-state index in [1.165, 1.54) is 6.92 Å². The third-order valence-electron chi connectivity index (χ3n) is 1.44. The number of ether oxygens (including phenoxy) is 2. The first-order chi connectivity index (χ1) is 7.14. The molecule has 0 aromatic heterocycles. The Labute approximate surface area is 90.0 Å². The second kappa shape index (κ2) is 5.53. The Balaban J connectivity index is 4.02. The highest BCUT2D eigenvalue weighted by Gasteiger charge is 2.39. The molecule has 16 heavy (non-hydrogen) atoms. The average Bonchev–Trinajstić information content (AvgIpc) is 2.12. The van der Waals surface area contributed by atoms with Gasteiger partial charge in [0.2, 0.25) is 0 Å². The normalized spacial score (nSPS) is 12.8. The maximum Gasteiger partial charge on any atom is 0.425 e. The number of hydrogen-bond donors (Lipinski definition) is 0. The quantitative estimate of drug-likeness (QED) is 0.553. The fourth-order valence-electron chi connectivity index (χ4n) is 0.546. The lowest BCUT2D eigenvalue weighted by molar-refractivity contribution is -0.218. The highest BCUT2D eigenvalue weighted by Crippen LogP contribution is 2.22. The van der Waals surface area contributed by atoms with E-state index in [0.29, 0.717) is 6.92 Å². The summed E-state index contributed by atoms with van der Waals surface area (Å²) in [6, 6.07) is 0. The lowest BCUT2D eigenvalue weighted by Crippen LogP contribution is -2.32. The van der Waals surface area contributed by atoms with E-state index in [1.54, 1.807) is 0 Å². The molecule has 92 valence electrons. The van der Waals surface area contributed by atoms with Gasteiger partial charge in [0, 0.05) is 5.57 Å². The Morgan fingerprint density at radius 1 is 1.38 bits per heavy atom. The van der Waals surface area contributed by atoms with Crippen LogP contribution in [0.5, 0.6) is 0 Å². The van der Waals surface area contributed by atoms with Gasteiger partial charge in [0.25, 0.3) is 0 Å². The second-order valence-electron chi connectivity index (χ2n) is 3.03. The molecule has 4 nitrogen and oxygen atoms in total. The molecule has 1 atom stereocenters. The van der Waals surface area contributed by atoms with Crippen LogP contribution in [0.25, 0.3) is 0 Å². The van der Waals surface area contributed by atoms with Gasteiger partial charge in [-0.25, -0.2) is 9.59 Å². The molecule has 7 heteroatoms. The van der Waals surface area contributed by atoms with Crippen LogP contribution >= 0.6 is 0 Å². The molecule has 0 aliphatic carbocycles. The van der Waals surface area contributed by atoms with E-state index in [0.717, 1.165) is 0 Å². The average molecular weight is 240 g/mol. The summed E-state index contributed by atoms with van der Waals surface area (Å²) in [5.41, 5.74) is 0.0386. The highest BCUT2D eigenvalue weighted by atomic mass is 19.4. The summed E-state index contributed by atoms with van der Waals surface area (Å²) >= 11 is 0. The SMILES string of the molecule is C=C(C)C(=O)OCC(=O)OC(C)C(F)(F)F. The lowest BCUT2D eigenvalue weighted by Gasteiger charge is -2.16. The molecule has 0 bridgehead atoms. The Morgan fingerprint density at radius 3 is 2.25 bits per heavy atom. The van der Waals surface area contributed by atoms with Crippen LogP contribution in [-0.4, -0.2) is 30.8 Å². The first-order valence-electron chi connectivity index (χ1n) is 4.23. The van der Waals surface area contributed by atoms with Crippen molar-refractivity contribution in [3.05, 3.63) is 12.2 Å². The number of esters is 2. The van der Waals surface area contributed by atoms with Crippen LogP contribution in [0.3, 0.4) is 0 Å². The van der Waals surface area contributed by atoms with Gasteiger partial charge in [-0.1, -0.05) is 6.58 Å². The van der Waals surface area contributed by atoms with Crippen molar-refractivity contribution in [1.82, 2.24) is 0 Å². The summed E-state index contributed by atoms with van der Waals surface area (Å²) < 4.78 is 44.1. The van der Waals surface area contributed by atoms with Crippen molar-refractivity contribution in [1.29, 1.82) is 0 Å². The molecule has 1 unspecified atom stereocenters. The van der Waals surface area contributed by atoms with Crippen LogP contribution in [0.15, 0.2) is 12.2 Å². The van der Waals surface area contributed by atoms with Crippen LogP contribution in [-0.2, 0) is 19.1 Å². The first kappa shape index (κ1) is 14.5. The molecule has 0 aromatic rings. The third kappa shape index (κ3) is 5.38. The van der Waals surface area contributed by atoms with Crippen LogP contribution in [0.1, 0.15) is 13.8 Å². The van der Waals surface area contributed by atoms with E-state index in [1.807, 2.05) is 0 Å². The number of carbonyl (C=O) groups is 2. The number of halogens is 3. The Kier molecular flexibility index (Phi) is 5.00. The predicted octanol–water partition coefficient (Wildman–Crippen LogP) is 1.60. The minimum atomic E-state index is -4.63. The summed E-state index contributed by atoms with van der Waals surface area (Å²) in [6.45, 7) is 4.38. The van der Waals surface area contributed by atoms with Crippen molar-refractivity contribution in [3.63, 3.8) is 0 Å². The molecule has 0 saturated carbocycles. The van der Waals surface area contributed by atoms with Gasteiger partial charge in [-0.2, -0.15) is 13.2 Å². The number of hydrogen-bond acceptors (Lipinski definition) is 4. The number of carbonyl (C=O) groups excluding carboxylic acids is 2. The minimum Gasteiger partial charge on any atom is -0.450 e. The first-order valence-corrected chi connectivity index (χ1v) is 4.23. The molecule has 0 fully saturated rings.